The van der Waals surface area contributed by atoms with Crippen molar-refractivity contribution in [1.29, 1.82) is 0 Å². The number of nitrogens with one attached hydrogen (secondary N) is 1. The van der Waals surface area contributed by atoms with Crippen LogP contribution in [0.4, 0.5) is 0 Å². The van der Waals surface area contributed by atoms with E-state index in [-0.39, 0.29) is 5.56 Å². The lowest BCUT2D eigenvalue weighted by Crippen LogP contribution is -2.14. The lowest BCUT2D eigenvalue weighted by molar-refractivity contribution is 0.983. The summed E-state index contributed by atoms with van der Waals surface area (Å²) in [5, 5.41) is 0. The van der Waals surface area contributed by atoms with Crippen molar-refractivity contribution < 1.29 is 0 Å². The largest absolute Gasteiger partial charge is 0.311 e. The maximum atomic E-state index is 11.3. The molecule has 0 unspecified atom stereocenters. The van der Waals surface area contributed by atoms with E-state index in [2.05, 4.69) is 16.5 Å². The molecule has 1 heterocycles. The van der Waals surface area contributed by atoms with Gasteiger partial charge >= 0.3 is 0 Å². The minimum absolute atomic E-state index is 0.0868. The number of H-pyrrole nitrogens is 1. The number of hydrogen-bond acceptors (Lipinski definition) is 2. The number of aromatic amines is 1. The normalized spacial score (nSPS) is 10.6. The van der Waals surface area contributed by atoms with Crippen molar-refractivity contribution in [2.24, 2.45) is 0 Å². The van der Waals surface area contributed by atoms with E-state index in [1.807, 2.05) is 0 Å². The molecule has 0 atom stereocenters. The zero-order chi connectivity index (χ0) is 9.84. The molecule has 1 N–H and O–H groups in total. The van der Waals surface area contributed by atoms with Crippen molar-refractivity contribution >= 4 is 6.08 Å². The smallest absolute Gasteiger partial charge is 0.254 e. The first-order valence-electron chi connectivity index (χ1n) is 4.01. The molecule has 0 saturated heterocycles. The van der Waals surface area contributed by atoms with Gasteiger partial charge in [0.05, 0.1) is 5.69 Å². The molecular weight excluding hydrogens is 164 g/mol. The summed E-state index contributed by atoms with van der Waals surface area (Å²) in [5.74, 6) is 0.624. The van der Waals surface area contributed by atoms with E-state index < -0.39 is 0 Å². The molecule has 0 fully saturated rings. The van der Waals surface area contributed by atoms with Gasteiger partial charge in [-0.2, -0.15) is 0 Å². The van der Waals surface area contributed by atoms with Crippen LogP contribution in [0.5, 0.6) is 0 Å². The molecule has 0 aliphatic rings. The van der Waals surface area contributed by atoms with Crippen LogP contribution in [0.15, 0.2) is 23.5 Å². The fraction of sp³-hybridized carbons (Fsp3) is 0.200. The van der Waals surface area contributed by atoms with Gasteiger partial charge in [0.15, 0.2) is 0 Å². The predicted molar refractivity (Wildman–Crippen MR) is 53.6 cm³/mol. The van der Waals surface area contributed by atoms with Crippen molar-refractivity contribution in [2.75, 3.05) is 0 Å². The second-order valence-corrected chi connectivity index (χ2v) is 2.76. The van der Waals surface area contributed by atoms with Gasteiger partial charge in [-0.3, -0.25) is 4.79 Å². The lowest BCUT2D eigenvalue weighted by Gasteiger charge is -1.99. The second-order valence-electron chi connectivity index (χ2n) is 2.76. The van der Waals surface area contributed by atoms with E-state index in [4.69, 9.17) is 0 Å². The van der Waals surface area contributed by atoms with Crippen molar-refractivity contribution in [3.05, 3.63) is 46.2 Å². The van der Waals surface area contributed by atoms with Crippen LogP contribution in [0.3, 0.4) is 0 Å². The van der Waals surface area contributed by atoms with Gasteiger partial charge in [-0.25, -0.2) is 4.98 Å². The van der Waals surface area contributed by atoms with E-state index in [9.17, 15) is 4.79 Å². The molecule has 0 aromatic carbocycles. The fourth-order valence-electron chi connectivity index (χ4n) is 0.988. The van der Waals surface area contributed by atoms with Crippen molar-refractivity contribution in [2.45, 2.75) is 13.8 Å². The minimum atomic E-state index is -0.0868. The van der Waals surface area contributed by atoms with E-state index in [1.165, 1.54) is 0 Å². The molecule has 1 aromatic heterocycles. The number of nitrogens with zero attached hydrogens (tertiary/aromatic N) is 1. The molecule has 0 spiro atoms. The molecule has 0 aliphatic carbocycles. The van der Waals surface area contributed by atoms with Crippen LogP contribution in [0, 0.1) is 13.8 Å². The van der Waals surface area contributed by atoms with Gasteiger partial charge in [0, 0.05) is 5.56 Å². The summed E-state index contributed by atoms with van der Waals surface area (Å²) in [5.41, 5.74) is 1.24. The average molecular weight is 176 g/mol. The molecule has 68 valence electrons. The maximum Gasteiger partial charge on any atom is 0.254 e. The van der Waals surface area contributed by atoms with Gasteiger partial charge in [-0.1, -0.05) is 18.7 Å². The molecule has 13 heavy (non-hydrogen) atoms. The number of allylic oxidation sites excluding steroid dienone is 2. The van der Waals surface area contributed by atoms with Gasteiger partial charge in [0.1, 0.15) is 5.82 Å². The Hall–Kier alpha value is -1.64. The first-order chi connectivity index (χ1) is 6.15. The first-order valence-corrected chi connectivity index (χ1v) is 4.01. The monoisotopic (exact) mass is 176 g/mol. The first kappa shape index (κ1) is 9.45. The van der Waals surface area contributed by atoms with E-state index in [1.54, 1.807) is 32.1 Å². The summed E-state index contributed by atoms with van der Waals surface area (Å²) in [6.45, 7) is 7.05. The summed E-state index contributed by atoms with van der Waals surface area (Å²) < 4.78 is 0. The molecule has 0 aliphatic heterocycles. The maximum absolute atomic E-state index is 11.3. The molecule has 0 bridgehead atoms. The Kier molecular flexibility index (Phi) is 2.80. The zero-order valence-corrected chi connectivity index (χ0v) is 7.79. The highest BCUT2D eigenvalue weighted by Crippen LogP contribution is 2.01. The summed E-state index contributed by atoms with van der Waals surface area (Å²) >= 11 is 0. The number of aromatic nitrogens is 2. The topological polar surface area (TPSA) is 45.8 Å². The van der Waals surface area contributed by atoms with E-state index in [0.717, 1.165) is 0 Å². The highest BCUT2D eigenvalue weighted by atomic mass is 16.1. The van der Waals surface area contributed by atoms with Crippen LogP contribution in [0.2, 0.25) is 0 Å². The SMILES string of the molecule is C=C/C=C\c1nc(C)[nH]c(=O)c1C. The molecule has 0 saturated carbocycles. The number of hydrogen-bond donors (Lipinski definition) is 1. The molecule has 0 amide bonds. The Bertz CT molecular complexity index is 402. The van der Waals surface area contributed by atoms with Crippen LogP contribution in [0.1, 0.15) is 17.1 Å². The molecular formula is C10H12N2O. The Labute approximate surface area is 76.8 Å². The summed E-state index contributed by atoms with van der Waals surface area (Å²) in [6, 6.07) is 0. The number of aryl methyl sites for hydroxylation is 1. The van der Waals surface area contributed by atoms with Crippen LogP contribution in [-0.2, 0) is 0 Å². The summed E-state index contributed by atoms with van der Waals surface area (Å²) in [6.07, 6.45) is 5.18. The third-order valence-electron chi connectivity index (χ3n) is 1.70. The quantitative estimate of drug-likeness (QED) is 0.695. The van der Waals surface area contributed by atoms with Gasteiger partial charge in [-0.05, 0) is 19.9 Å². The fourth-order valence-corrected chi connectivity index (χ4v) is 0.988. The third kappa shape index (κ3) is 2.15. The van der Waals surface area contributed by atoms with E-state index in [0.29, 0.717) is 17.1 Å². The zero-order valence-electron chi connectivity index (χ0n) is 7.79. The minimum Gasteiger partial charge on any atom is -0.311 e. The van der Waals surface area contributed by atoms with Crippen LogP contribution in [-0.4, -0.2) is 9.97 Å². The van der Waals surface area contributed by atoms with Crippen LogP contribution >= 0.6 is 0 Å². The third-order valence-corrected chi connectivity index (χ3v) is 1.70. The van der Waals surface area contributed by atoms with Gasteiger partial charge < -0.3 is 4.98 Å². The van der Waals surface area contributed by atoms with Crippen molar-refractivity contribution in [3.63, 3.8) is 0 Å². The van der Waals surface area contributed by atoms with Crippen LogP contribution in [0.25, 0.3) is 6.08 Å². The van der Waals surface area contributed by atoms with Crippen LogP contribution < -0.4 is 5.56 Å². The lowest BCUT2D eigenvalue weighted by atomic mass is 10.2. The van der Waals surface area contributed by atoms with Crippen molar-refractivity contribution in [3.8, 4) is 0 Å². The Morgan fingerprint density at radius 3 is 2.77 bits per heavy atom. The molecule has 0 radical (unpaired) electrons. The van der Waals surface area contributed by atoms with Crippen molar-refractivity contribution in [1.82, 2.24) is 9.97 Å². The molecule has 1 rings (SSSR count). The Morgan fingerprint density at radius 1 is 1.46 bits per heavy atom. The Balaban J connectivity index is 3.28. The number of rotatable bonds is 2. The summed E-state index contributed by atoms with van der Waals surface area (Å²) in [4.78, 5) is 18.1. The Morgan fingerprint density at radius 2 is 2.15 bits per heavy atom. The highest BCUT2D eigenvalue weighted by molar-refractivity contribution is 5.49. The van der Waals surface area contributed by atoms with Gasteiger partial charge in [-0.15, -0.1) is 0 Å². The highest BCUT2D eigenvalue weighted by Gasteiger charge is 2.00. The summed E-state index contributed by atoms with van der Waals surface area (Å²) in [7, 11) is 0. The van der Waals surface area contributed by atoms with Gasteiger partial charge in [0.2, 0.25) is 0 Å². The standard InChI is InChI=1S/C10H12N2O/c1-4-5-6-9-7(2)10(13)12-8(3)11-9/h4-6H,1H2,2-3H3,(H,11,12,13)/b6-5-. The predicted octanol–water partition coefficient (Wildman–Crippen LogP) is 1.59. The average Bonchev–Trinajstić information content (AvgIpc) is 2.09. The van der Waals surface area contributed by atoms with Gasteiger partial charge in [0.25, 0.3) is 5.56 Å². The second kappa shape index (κ2) is 3.85. The molecule has 1 aromatic rings. The van der Waals surface area contributed by atoms with E-state index >= 15 is 0 Å². The molecule has 3 heteroatoms. The molecule has 3 nitrogen and oxygen atoms in total.